The van der Waals surface area contributed by atoms with E-state index in [4.69, 9.17) is 4.74 Å². The van der Waals surface area contributed by atoms with Crippen molar-refractivity contribution in [3.05, 3.63) is 66.2 Å². The van der Waals surface area contributed by atoms with Gasteiger partial charge in [0.1, 0.15) is 5.75 Å². The van der Waals surface area contributed by atoms with Crippen molar-refractivity contribution >= 4 is 17.2 Å². The van der Waals surface area contributed by atoms with E-state index in [0.29, 0.717) is 6.54 Å². The van der Waals surface area contributed by atoms with Gasteiger partial charge in [0.15, 0.2) is 0 Å². The number of benzene rings is 2. The van der Waals surface area contributed by atoms with Gasteiger partial charge >= 0.3 is 0 Å². The molecular formula is C17H15NO2. The van der Waals surface area contributed by atoms with Crippen LogP contribution in [-0.2, 0) is 4.79 Å². The van der Waals surface area contributed by atoms with Crippen LogP contribution in [0.1, 0.15) is 5.56 Å². The number of hydrogen-bond donors (Lipinski definition) is 0. The highest BCUT2D eigenvalue weighted by atomic mass is 16.5. The van der Waals surface area contributed by atoms with Crippen LogP contribution >= 0.6 is 0 Å². The molecule has 3 heteroatoms. The van der Waals surface area contributed by atoms with E-state index in [2.05, 4.69) is 0 Å². The summed E-state index contributed by atoms with van der Waals surface area (Å²) in [5.41, 5.74) is 3.03. The number of nitrogens with zero attached hydrogens (tertiary/aromatic N) is 1. The number of hydrogen-bond acceptors (Lipinski definition) is 2. The van der Waals surface area contributed by atoms with Gasteiger partial charge in [0, 0.05) is 11.8 Å². The first kappa shape index (κ1) is 12.5. The van der Waals surface area contributed by atoms with Crippen LogP contribution in [0.2, 0.25) is 0 Å². The molecule has 3 nitrogen and oxygen atoms in total. The molecule has 1 aliphatic rings. The highest BCUT2D eigenvalue weighted by Crippen LogP contribution is 2.27. The van der Waals surface area contributed by atoms with E-state index in [1.54, 1.807) is 18.1 Å². The minimum atomic E-state index is 0.0222. The van der Waals surface area contributed by atoms with Gasteiger partial charge in [-0.25, -0.2) is 0 Å². The molecule has 0 radical (unpaired) electrons. The SMILES string of the molecule is COc1ccc(N2CC(c3ccccc3)=CC2=O)cc1. The van der Waals surface area contributed by atoms with Crippen LogP contribution in [0.4, 0.5) is 5.69 Å². The first-order valence-electron chi connectivity index (χ1n) is 6.49. The number of anilines is 1. The molecule has 1 amide bonds. The predicted molar refractivity (Wildman–Crippen MR) is 79.8 cm³/mol. The molecule has 100 valence electrons. The number of carbonyl (C=O) groups excluding carboxylic acids is 1. The van der Waals surface area contributed by atoms with Crippen LogP contribution in [0.15, 0.2) is 60.7 Å². The second kappa shape index (κ2) is 5.21. The maximum Gasteiger partial charge on any atom is 0.251 e. The van der Waals surface area contributed by atoms with Crippen LogP contribution < -0.4 is 9.64 Å². The Kier molecular flexibility index (Phi) is 3.25. The normalized spacial score (nSPS) is 14.3. The van der Waals surface area contributed by atoms with Gasteiger partial charge in [-0.2, -0.15) is 0 Å². The Hall–Kier alpha value is -2.55. The van der Waals surface area contributed by atoms with E-state index in [1.807, 2.05) is 54.6 Å². The predicted octanol–water partition coefficient (Wildman–Crippen LogP) is 3.13. The summed E-state index contributed by atoms with van der Waals surface area (Å²) in [5, 5.41) is 0. The second-order valence-corrected chi connectivity index (χ2v) is 4.66. The summed E-state index contributed by atoms with van der Waals surface area (Å²) < 4.78 is 5.13. The lowest BCUT2D eigenvalue weighted by Crippen LogP contribution is -2.24. The number of ether oxygens (including phenoxy) is 1. The standard InChI is InChI=1S/C17H15NO2/c1-20-16-9-7-15(8-10-16)18-12-14(11-17(18)19)13-5-3-2-4-6-13/h2-11H,12H2,1H3. The lowest BCUT2D eigenvalue weighted by atomic mass is 10.1. The Balaban J connectivity index is 1.83. The first-order chi connectivity index (χ1) is 9.78. The summed E-state index contributed by atoms with van der Waals surface area (Å²) in [5.74, 6) is 0.811. The molecule has 1 aliphatic heterocycles. The fraction of sp³-hybridized carbons (Fsp3) is 0.118. The van der Waals surface area contributed by atoms with Gasteiger partial charge < -0.3 is 9.64 Å². The smallest absolute Gasteiger partial charge is 0.251 e. The Labute approximate surface area is 118 Å². The molecule has 3 rings (SSSR count). The van der Waals surface area contributed by atoms with E-state index in [-0.39, 0.29) is 5.91 Å². The van der Waals surface area contributed by atoms with Crippen LogP contribution in [-0.4, -0.2) is 19.6 Å². The molecule has 0 saturated carbocycles. The summed E-state index contributed by atoms with van der Waals surface area (Å²) in [7, 11) is 1.63. The fourth-order valence-corrected chi connectivity index (χ4v) is 2.33. The van der Waals surface area contributed by atoms with Gasteiger partial charge in [-0.05, 0) is 35.4 Å². The Morgan fingerprint density at radius 1 is 1.00 bits per heavy atom. The summed E-state index contributed by atoms with van der Waals surface area (Å²) in [4.78, 5) is 13.9. The molecule has 20 heavy (non-hydrogen) atoms. The molecular weight excluding hydrogens is 250 g/mol. The minimum Gasteiger partial charge on any atom is -0.497 e. The van der Waals surface area contributed by atoms with E-state index in [1.165, 1.54) is 0 Å². The topological polar surface area (TPSA) is 29.5 Å². The third kappa shape index (κ3) is 2.30. The van der Waals surface area contributed by atoms with E-state index in [9.17, 15) is 4.79 Å². The lowest BCUT2D eigenvalue weighted by Gasteiger charge is -2.17. The molecule has 0 atom stereocenters. The molecule has 2 aromatic carbocycles. The van der Waals surface area contributed by atoms with Crippen molar-refractivity contribution in [1.82, 2.24) is 0 Å². The Morgan fingerprint density at radius 2 is 1.70 bits per heavy atom. The maximum absolute atomic E-state index is 12.1. The van der Waals surface area contributed by atoms with E-state index >= 15 is 0 Å². The van der Waals surface area contributed by atoms with Crippen molar-refractivity contribution in [2.24, 2.45) is 0 Å². The number of rotatable bonds is 3. The number of amides is 1. The van der Waals surface area contributed by atoms with Crippen molar-refractivity contribution in [2.75, 3.05) is 18.6 Å². The summed E-state index contributed by atoms with van der Waals surface area (Å²) in [6, 6.07) is 17.5. The zero-order valence-corrected chi connectivity index (χ0v) is 11.2. The van der Waals surface area contributed by atoms with Crippen LogP contribution in [0.5, 0.6) is 5.75 Å². The highest BCUT2D eigenvalue weighted by Gasteiger charge is 2.23. The summed E-state index contributed by atoms with van der Waals surface area (Å²) in [6.45, 7) is 0.606. The Morgan fingerprint density at radius 3 is 2.35 bits per heavy atom. The molecule has 0 fully saturated rings. The molecule has 2 aromatic rings. The van der Waals surface area contributed by atoms with Crippen molar-refractivity contribution in [1.29, 1.82) is 0 Å². The third-order valence-corrected chi connectivity index (χ3v) is 3.42. The average molecular weight is 265 g/mol. The molecule has 0 aliphatic carbocycles. The number of carbonyl (C=O) groups is 1. The fourth-order valence-electron chi connectivity index (χ4n) is 2.33. The van der Waals surface area contributed by atoms with Crippen LogP contribution in [0.3, 0.4) is 0 Å². The van der Waals surface area contributed by atoms with Crippen molar-refractivity contribution < 1.29 is 9.53 Å². The van der Waals surface area contributed by atoms with Gasteiger partial charge in [0.05, 0.1) is 13.7 Å². The van der Waals surface area contributed by atoms with E-state index in [0.717, 1.165) is 22.6 Å². The molecule has 0 N–H and O–H groups in total. The lowest BCUT2D eigenvalue weighted by molar-refractivity contribution is -0.113. The quantitative estimate of drug-likeness (QED) is 0.853. The molecule has 0 aromatic heterocycles. The van der Waals surface area contributed by atoms with Crippen LogP contribution in [0, 0.1) is 0 Å². The third-order valence-electron chi connectivity index (χ3n) is 3.42. The van der Waals surface area contributed by atoms with Crippen molar-refractivity contribution in [3.63, 3.8) is 0 Å². The minimum absolute atomic E-state index is 0.0222. The molecule has 0 spiro atoms. The first-order valence-corrected chi connectivity index (χ1v) is 6.49. The van der Waals surface area contributed by atoms with Gasteiger partial charge in [0.2, 0.25) is 0 Å². The molecule has 0 saturated heterocycles. The van der Waals surface area contributed by atoms with Gasteiger partial charge in [-0.15, -0.1) is 0 Å². The molecule has 0 unspecified atom stereocenters. The summed E-state index contributed by atoms with van der Waals surface area (Å²) in [6.07, 6.45) is 1.71. The largest absolute Gasteiger partial charge is 0.497 e. The Bertz CT molecular complexity index is 644. The monoisotopic (exact) mass is 265 g/mol. The second-order valence-electron chi connectivity index (χ2n) is 4.66. The maximum atomic E-state index is 12.1. The molecule has 0 bridgehead atoms. The van der Waals surface area contributed by atoms with Gasteiger partial charge in [-0.1, -0.05) is 30.3 Å². The highest BCUT2D eigenvalue weighted by molar-refractivity contribution is 6.11. The zero-order chi connectivity index (χ0) is 13.9. The van der Waals surface area contributed by atoms with Crippen LogP contribution in [0.25, 0.3) is 5.57 Å². The average Bonchev–Trinajstić information content (AvgIpc) is 2.90. The van der Waals surface area contributed by atoms with Gasteiger partial charge in [0.25, 0.3) is 5.91 Å². The van der Waals surface area contributed by atoms with Gasteiger partial charge in [-0.3, -0.25) is 4.79 Å². The van der Waals surface area contributed by atoms with Crippen molar-refractivity contribution in [2.45, 2.75) is 0 Å². The van der Waals surface area contributed by atoms with E-state index < -0.39 is 0 Å². The zero-order valence-electron chi connectivity index (χ0n) is 11.2. The summed E-state index contributed by atoms with van der Waals surface area (Å²) >= 11 is 0. The molecule has 1 heterocycles. The number of methoxy groups -OCH3 is 1. The van der Waals surface area contributed by atoms with Crippen molar-refractivity contribution in [3.8, 4) is 5.75 Å².